The molecule has 1 aliphatic rings. The van der Waals surface area contributed by atoms with Crippen LogP contribution in [0.2, 0.25) is 5.02 Å². The Balaban J connectivity index is 1.57. The molecule has 5 heteroatoms. The summed E-state index contributed by atoms with van der Waals surface area (Å²) in [5.41, 5.74) is 2.83. The van der Waals surface area contributed by atoms with Gasteiger partial charge in [0.2, 0.25) is 0 Å². The smallest absolute Gasteiger partial charge is 0.254 e. The van der Waals surface area contributed by atoms with Gasteiger partial charge in [0.15, 0.2) is 0 Å². The van der Waals surface area contributed by atoms with E-state index in [0.29, 0.717) is 42.5 Å². The summed E-state index contributed by atoms with van der Waals surface area (Å²) in [6, 6.07) is 23.8. The summed E-state index contributed by atoms with van der Waals surface area (Å²) in [4.78, 5) is 17.3. The number of anilines is 1. The lowest BCUT2D eigenvalue weighted by molar-refractivity contribution is -0.125. The van der Waals surface area contributed by atoms with Crippen LogP contribution in [0.3, 0.4) is 0 Å². The molecule has 0 unspecified atom stereocenters. The molecule has 0 radical (unpaired) electrons. The number of piperazine rings is 1. The van der Waals surface area contributed by atoms with Crippen LogP contribution in [0.25, 0.3) is 11.6 Å². The maximum atomic E-state index is 14.1. The SMILES string of the molecule is O=C(/C(=C\c1ccccc1Cl)c1ccccc1)N1CCN(c2ccccc2F)CC1. The Morgan fingerprint density at radius 1 is 0.833 bits per heavy atom. The van der Waals surface area contributed by atoms with Crippen LogP contribution in [0, 0.1) is 5.82 Å². The van der Waals surface area contributed by atoms with E-state index in [0.717, 1.165) is 11.1 Å². The van der Waals surface area contributed by atoms with Crippen LogP contribution in [-0.2, 0) is 4.79 Å². The van der Waals surface area contributed by atoms with E-state index in [9.17, 15) is 9.18 Å². The first-order chi connectivity index (χ1) is 14.6. The van der Waals surface area contributed by atoms with Crippen molar-refractivity contribution in [2.24, 2.45) is 0 Å². The second-order valence-electron chi connectivity index (χ2n) is 7.18. The molecule has 30 heavy (non-hydrogen) atoms. The lowest BCUT2D eigenvalue weighted by Gasteiger charge is -2.36. The third-order valence-electron chi connectivity index (χ3n) is 5.28. The fourth-order valence-corrected chi connectivity index (χ4v) is 3.85. The maximum Gasteiger partial charge on any atom is 0.254 e. The number of nitrogens with zero attached hydrogens (tertiary/aromatic N) is 2. The number of carbonyl (C=O) groups excluding carboxylic acids is 1. The normalized spacial score (nSPS) is 14.7. The van der Waals surface area contributed by atoms with Crippen molar-refractivity contribution in [1.82, 2.24) is 4.90 Å². The minimum absolute atomic E-state index is 0.0469. The lowest BCUT2D eigenvalue weighted by Crippen LogP contribution is -2.49. The van der Waals surface area contributed by atoms with Gasteiger partial charge in [-0.25, -0.2) is 4.39 Å². The van der Waals surface area contributed by atoms with Crippen LogP contribution >= 0.6 is 11.6 Å². The lowest BCUT2D eigenvalue weighted by atomic mass is 10.0. The number of hydrogen-bond donors (Lipinski definition) is 0. The minimum Gasteiger partial charge on any atom is -0.366 e. The molecule has 152 valence electrons. The van der Waals surface area contributed by atoms with E-state index in [1.165, 1.54) is 6.07 Å². The van der Waals surface area contributed by atoms with Gasteiger partial charge in [0, 0.05) is 36.8 Å². The molecule has 3 aromatic rings. The van der Waals surface area contributed by atoms with Crippen molar-refractivity contribution < 1.29 is 9.18 Å². The third kappa shape index (κ3) is 4.39. The number of para-hydroxylation sites is 1. The van der Waals surface area contributed by atoms with Crippen molar-refractivity contribution in [2.45, 2.75) is 0 Å². The first kappa shape index (κ1) is 20.2. The Hall–Kier alpha value is -3.11. The molecule has 3 nitrogen and oxygen atoms in total. The molecule has 1 amide bonds. The Bertz CT molecular complexity index is 1060. The van der Waals surface area contributed by atoms with Crippen LogP contribution in [0.1, 0.15) is 11.1 Å². The number of hydrogen-bond acceptors (Lipinski definition) is 2. The predicted molar refractivity (Wildman–Crippen MR) is 121 cm³/mol. The van der Waals surface area contributed by atoms with Gasteiger partial charge in [-0.15, -0.1) is 0 Å². The summed E-state index contributed by atoms with van der Waals surface area (Å²) >= 11 is 6.34. The van der Waals surface area contributed by atoms with Crippen LogP contribution in [-0.4, -0.2) is 37.0 Å². The number of rotatable bonds is 4. The highest BCUT2D eigenvalue weighted by molar-refractivity contribution is 6.33. The second kappa shape index (κ2) is 9.14. The van der Waals surface area contributed by atoms with E-state index < -0.39 is 0 Å². The van der Waals surface area contributed by atoms with Gasteiger partial charge >= 0.3 is 0 Å². The van der Waals surface area contributed by atoms with E-state index in [4.69, 9.17) is 11.6 Å². The van der Waals surface area contributed by atoms with Crippen LogP contribution in [0.5, 0.6) is 0 Å². The zero-order valence-electron chi connectivity index (χ0n) is 16.5. The zero-order chi connectivity index (χ0) is 20.9. The summed E-state index contributed by atoms with van der Waals surface area (Å²) in [5.74, 6) is -0.282. The number of carbonyl (C=O) groups is 1. The second-order valence-corrected chi connectivity index (χ2v) is 7.58. The molecular weight excluding hydrogens is 399 g/mol. The molecule has 0 atom stereocenters. The molecule has 1 heterocycles. The van der Waals surface area contributed by atoms with Gasteiger partial charge in [0.05, 0.1) is 5.69 Å². The summed E-state index contributed by atoms with van der Waals surface area (Å²) in [7, 11) is 0. The van der Waals surface area contributed by atoms with Crippen molar-refractivity contribution in [3.63, 3.8) is 0 Å². The Morgan fingerprint density at radius 3 is 2.17 bits per heavy atom. The van der Waals surface area contributed by atoms with Crippen LogP contribution in [0.4, 0.5) is 10.1 Å². The Morgan fingerprint density at radius 2 is 1.47 bits per heavy atom. The van der Waals surface area contributed by atoms with E-state index in [-0.39, 0.29) is 11.7 Å². The zero-order valence-corrected chi connectivity index (χ0v) is 17.2. The van der Waals surface area contributed by atoms with Gasteiger partial charge in [-0.3, -0.25) is 4.79 Å². The summed E-state index contributed by atoms with van der Waals surface area (Å²) in [6.07, 6.45) is 1.85. The highest BCUT2D eigenvalue weighted by Gasteiger charge is 2.25. The van der Waals surface area contributed by atoms with Gasteiger partial charge in [-0.2, -0.15) is 0 Å². The van der Waals surface area contributed by atoms with E-state index in [1.807, 2.05) is 76.5 Å². The van der Waals surface area contributed by atoms with E-state index in [2.05, 4.69) is 0 Å². The molecule has 4 rings (SSSR count). The molecule has 0 aromatic heterocycles. The Labute approximate surface area is 181 Å². The molecule has 3 aromatic carbocycles. The topological polar surface area (TPSA) is 23.6 Å². The maximum absolute atomic E-state index is 14.1. The highest BCUT2D eigenvalue weighted by Crippen LogP contribution is 2.26. The van der Waals surface area contributed by atoms with Crippen molar-refractivity contribution in [2.75, 3.05) is 31.1 Å². The summed E-state index contributed by atoms with van der Waals surface area (Å²) in [6.45, 7) is 2.22. The molecule has 0 bridgehead atoms. The molecule has 1 fully saturated rings. The van der Waals surface area contributed by atoms with Crippen molar-refractivity contribution in [3.05, 3.63) is 101 Å². The van der Waals surface area contributed by atoms with Gasteiger partial charge in [-0.1, -0.05) is 72.3 Å². The first-order valence-corrected chi connectivity index (χ1v) is 10.3. The average molecular weight is 421 g/mol. The van der Waals surface area contributed by atoms with Crippen LogP contribution in [0.15, 0.2) is 78.9 Å². The number of amides is 1. The van der Waals surface area contributed by atoms with E-state index >= 15 is 0 Å². The largest absolute Gasteiger partial charge is 0.366 e. The highest BCUT2D eigenvalue weighted by atomic mass is 35.5. The summed E-state index contributed by atoms with van der Waals surface area (Å²) < 4.78 is 14.1. The molecule has 0 saturated carbocycles. The number of benzene rings is 3. The minimum atomic E-state index is -0.235. The fraction of sp³-hybridized carbons (Fsp3) is 0.160. The molecule has 1 aliphatic heterocycles. The van der Waals surface area contributed by atoms with Gasteiger partial charge < -0.3 is 9.80 Å². The van der Waals surface area contributed by atoms with Crippen molar-refractivity contribution >= 4 is 34.8 Å². The average Bonchev–Trinajstić information content (AvgIpc) is 2.79. The number of halogens is 2. The molecule has 0 N–H and O–H groups in total. The summed E-state index contributed by atoms with van der Waals surface area (Å²) in [5, 5.41) is 0.600. The van der Waals surface area contributed by atoms with Gasteiger partial charge in [0.25, 0.3) is 5.91 Å². The molecular formula is C25H22ClFN2O. The fourth-order valence-electron chi connectivity index (χ4n) is 3.66. The standard InChI is InChI=1S/C25H22ClFN2O/c26-22-11-5-4-10-20(22)18-21(19-8-2-1-3-9-19)25(30)29-16-14-28(15-17-29)24-13-7-6-12-23(24)27/h1-13,18H,14-17H2/b21-18-. The molecule has 0 spiro atoms. The first-order valence-electron chi connectivity index (χ1n) is 9.94. The van der Waals surface area contributed by atoms with Crippen molar-refractivity contribution in [3.8, 4) is 0 Å². The Kier molecular flexibility index (Phi) is 6.15. The van der Waals surface area contributed by atoms with Crippen molar-refractivity contribution in [1.29, 1.82) is 0 Å². The molecule has 1 saturated heterocycles. The van der Waals surface area contributed by atoms with Crippen LogP contribution < -0.4 is 4.90 Å². The third-order valence-corrected chi connectivity index (χ3v) is 5.62. The van der Waals surface area contributed by atoms with E-state index in [1.54, 1.807) is 12.1 Å². The predicted octanol–water partition coefficient (Wildman–Crippen LogP) is 5.37. The van der Waals surface area contributed by atoms with Gasteiger partial charge in [0.1, 0.15) is 5.82 Å². The quantitative estimate of drug-likeness (QED) is 0.418. The van der Waals surface area contributed by atoms with Gasteiger partial charge in [-0.05, 0) is 35.4 Å². The molecule has 0 aliphatic carbocycles. The monoisotopic (exact) mass is 420 g/mol.